The van der Waals surface area contributed by atoms with Crippen LogP contribution in [0, 0.1) is 0 Å². The number of sulfonamides is 1. The first kappa shape index (κ1) is 34.2. The van der Waals surface area contributed by atoms with Crippen molar-refractivity contribution in [2.75, 3.05) is 24.2 Å². The molecule has 232 valence electrons. The summed E-state index contributed by atoms with van der Waals surface area (Å²) in [5, 5.41) is 3.80. The van der Waals surface area contributed by atoms with Gasteiger partial charge in [-0.2, -0.15) is 0 Å². The van der Waals surface area contributed by atoms with Gasteiger partial charge in [-0.1, -0.05) is 66.5 Å². The third-order valence-electron chi connectivity index (χ3n) is 7.17. The lowest BCUT2D eigenvalue weighted by molar-refractivity contribution is -0.141. The largest absolute Gasteiger partial charge is 0.497 e. The van der Waals surface area contributed by atoms with Crippen molar-refractivity contribution in [1.29, 1.82) is 0 Å². The Morgan fingerprint density at radius 3 is 2.14 bits per heavy atom. The minimum Gasteiger partial charge on any atom is -0.497 e. The number of amides is 2. The second kappa shape index (κ2) is 16.0. The quantitative estimate of drug-likeness (QED) is 0.215. The van der Waals surface area contributed by atoms with Crippen molar-refractivity contribution in [1.82, 2.24) is 10.2 Å². The molecule has 0 fully saturated rings. The van der Waals surface area contributed by atoms with Gasteiger partial charge in [-0.05, 0) is 61.7 Å². The van der Waals surface area contributed by atoms with Gasteiger partial charge < -0.3 is 15.0 Å². The normalized spacial score (nSPS) is 12.7. The first-order valence-corrected chi connectivity index (χ1v) is 16.7. The summed E-state index contributed by atoms with van der Waals surface area (Å²) in [7, 11) is -2.10. The SMILES string of the molecule is CC[C@H](C)NC(=O)[C@H](Cc1ccccc1)N(Cc1c(Cl)cccc1Cl)C(=O)CCCN(c1ccc(OC)cc1)S(C)(=O)=O. The van der Waals surface area contributed by atoms with Gasteiger partial charge in [-0.3, -0.25) is 13.9 Å². The number of anilines is 1. The molecule has 0 aliphatic carbocycles. The molecule has 1 N–H and O–H groups in total. The lowest BCUT2D eigenvalue weighted by Crippen LogP contribution is -2.52. The van der Waals surface area contributed by atoms with E-state index in [4.69, 9.17) is 27.9 Å². The first-order valence-electron chi connectivity index (χ1n) is 14.1. The van der Waals surface area contributed by atoms with E-state index in [2.05, 4.69) is 5.32 Å². The van der Waals surface area contributed by atoms with Crippen LogP contribution in [-0.4, -0.2) is 57.1 Å². The maximum atomic E-state index is 14.0. The molecule has 0 saturated carbocycles. The van der Waals surface area contributed by atoms with Crippen molar-refractivity contribution < 1.29 is 22.7 Å². The summed E-state index contributed by atoms with van der Waals surface area (Å²) in [6.45, 7) is 3.96. The average Bonchev–Trinajstić information content (AvgIpc) is 2.98. The minimum absolute atomic E-state index is 0.00779. The molecule has 43 heavy (non-hydrogen) atoms. The van der Waals surface area contributed by atoms with E-state index in [1.54, 1.807) is 42.5 Å². The highest BCUT2D eigenvalue weighted by atomic mass is 35.5. The molecule has 0 saturated heterocycles. The molecule has 3 aromatic carbocycles. The lowest BCUT2D eigenvalue weighted by atomic mass is 10.0. The highest BCUT2D eigenvalue weighted by Crippen LogP contribution is 2.28. The van der Waals surface area contributed by atoms with E-state index >= 15 is 0 Å². The van der Waals surface area contributed by atoms with Gasteiger partial charge in [0.05, 0.1) is 19.1 Å². The Balaban J connectivity index is 1.92. The molecule has 3 rings (SSSR count). The van der Waals surface area contributed by atoms with Crippen molar-refractivity contribution in [3.63, 3.8) is 0 Å². The van der Waals surface area contributed by atoms with Crippen molar-refractivity contribution in [2.24, 2.45) is 0 Å². The number of benzene rings is 3. The summed E-state index contributed by atoms with van der Waals surface area (Å²) < 4.78 is 31.8. The highest BCUT2D eigenvalue weighted by Gasteiger charge is 2.32. The third-order valence-corrected chi connectivity index (χ3v) is 9.08. The van der Waals surface area contributed by atoms with E-state index in [0.29, 0.717) is 27.0 Å². The predicted molar refractivity (Wildman–Crippen MR) is 173 cm³/mol. The fraction of sp³-hybridized carbons (Fsp3) is 0.375. The van der Waals surface area contributed by atoms with Crippen LogP contribution in [0.5, 0.6) is 5.75 Å². The summed E-state index contributed by atoms with van der Waals surface area (Å²) in [4.78, 5) is 29.2. The maximum absolute atomic E-state index is 14.0. The molecule has 0 unspecified atom stereocenters. The zero-order valence-corrected chi connectivity index (χ0v) is 27.3. The molecule has 0 bridgehead atoms. The van der Waals surface area contributed by atoms with E-state index in [0.717, 1.165) is 18.2 Å². The summed E-state index contributed by atoms with van der Waals surface area (Å²) >= 11 is 13.0. The smallest absolute Gasteiger partial charge is 0.243 e. The average molecular weight is 649 g/mol. The summed E-state index contributed by atoms with van der Waals surface area (Å²) in [6, 6.07) is 20.3. The van der Waals surface area contributed by atoms with Gasteiger partial charge in [0.1, 0.15) is 11.8 Å². The summed E-state index contributed by atoms with van der Waals surface area (Å²) in [6.07, 6.45) is 2.33. The Hall–Kier alpha value is -3.27. The fourth-order valence-electron chi connectivity index (χ4n) is 4.60. The van der Waals surface area contributed by atoms with E-state index in [9.17, 15) is 18.0 Å². The number of carbonyl (C=O) groups excluding carboxylic acids is 2. The second-order valence-corrected chi connectivity index (χ2v) is 13.1. The molecular weight excluding hydrogens is 609 g/mol. The molecule has 11 heteroatoms. The van der Waals surface area contributed by atoms with Crippen LogP contribution in [0.2, 0.25) is 10.0 Å². The second-order valence-electron chi connectivity index (χ2n) is 10.4. The van der Waals surface area contributed by atoms with Crippen LogP contribution in [0.4, 0.5) is 5.69 Å². The van der Waals surface area contributed by atoms with Crippen LogP contribution in [-0.2, 0) is 32.6 Å². The Morgan fingerprint density at radius 1 is 0.953 bits per heavy atom. The number of nitrogens with zero attached hydrogens (tertiary/aromatic N) is 2. The van der Waals surface area contributed by atoms with Crippen LogP contribution in [0.25, 0.3) is 0 Å². The Labute approximate surface area is 265 Å². The molecule has 0 aliphatic heterocycles. The Morgan fingerprint density at radius 2 is 1.58 bits per heavy atom. The van der Waals surface area contributed by atoms with Crippen LogP contribution in [0.3, 0.4) is 0 Å². The Bertz CT molecular complexity index is 1450. The molecule has 8 nitrogen and oxygen atoms in total. The molecule has 0 heterocycles. The summed E-state index contributed by atoms with van der Waals surface area (Å²) in [5.41, 5.74) is 1.88. The van der Waals surface area contributed by atoms with E-state index in [1.165, 1.54) is 16.3 Å². The van der Waals surface area contributed by atoms with E-state index in [-0.39, 0.29) is 50.2 Å². The number of halogens is 2. The van der Waals surface area contributed by atoms with Gasteiger partial charge >= 0.3 is 0 Å². The van der Waals surface area contributed by atoms with Crippen LogP contribution in [0.1, 0.15) is 44.2 Å². The monoisotopic (exact) mass is 647 g/mol. The molecule has 2 amide bonds. The standard InChI is InChI=1S/C32H39Cl2N3O5S/c1-5-23(2)35-32(39)30(21-24-11-7-6-8-12-24)36(22-27-28(33)13-9-14-29(27)34)31(38)15-10-20-37(43(4,40)41)25-16-18-26(42-3)19-17-25/h6-9,11-14,16-19,23,30H,5,10,15,20-22H2,1-4H3,(H,35,39)/t23-,30-/m0/s1. The molecule has 2 atom stereocenters. The minimum atomic E-state index is -3.63. The summed E-state index contributed by atoms with van der Waals surface area (Å²) in [5.74, 6) is -0.00787. The number of ether oxygens (including phenoxy) is 1. The first-order chi connectivity index (χ1) is 20.4. The maximum Gasteiger partial charge on any atom is 0.243 e. The van der Waals surface area contributed by atoms with Crippen LogP contribution in [0.15, 0.2) is 72.8 Å². The van der Waals surface area contributed by atoms with Gasteiger partial charge in [-0.15, -0.1) is 0 Å². The van der Waals surface area contributed by atoms with Gasteiger partial charge in [-0.25, -0.2) is 8.42 Å². The molecule has 0 radical (unpaired) electrons. The van der Waals surface area contributed by atoms with Crippen molar-refractivity contribution in [3.05, 3.63) is 94.0 Å². The van der Waals surface area contributed by atoms with E-state index in [1.807, 2.05) is 44.2 Å². The number of nitrogens with one attached hydrogen (secondary N) is 1. The predicted octanol–water partition coefficient (Wildman–Crippen LogP) is 6.10. The number of hydrogen-bond donors (Lipinski definition) is 1. The van der Waals surface area contributed by atoms with Gasteiger partial charge in [0.15, 0.2) is 0 Å². The molecule has 3 aromatic rings. The fourth-order valence-corrected chi connectivity index (χ4v) is 6.08. The number of carbonyl (C=O) groups is 2. The van der Waals surface area contributed by atoms with Crippen LogP contribution >= 0.6 is 23.2 Å². The Kier molecular flexibility index (Phi) is 12.7. The molecular formula is C32H39Cl2N3O5S. The number of hydrogen-bond acceptors (Lipinski definition) is 5. The molecule has 0 aromatic heterocycles. The van der Waals surface area contributed by atoms with Crippen molar-refractivity contribution >= 4 is 50.7 Å². The van der Waals surface area contributed by atoms with Gasteiger partial charge in [0, 0.05) is 47.6 Å². The van der Waals surface area contributed by atoms with Gasteiger partial charge in [0.25, 0.3) is 0 Å². The zero-order valence-electron chi connectivity index (χ0n) is 24.9. The lowest BCUT2D eigenvalue weighted by Gasteiger charge is -2.33. The zero-order chi connectivity index (χ0) is 31.6. The van der Waals surface area contributed by atoms with Crippen molar-refractivity contribution in [3.8, 4) is 5.75 Å². The number of rotatable bonds is 15. The molecule has 0 aliphatic rings. The number of methoxy groups -OCH3 is 1. The highest BCUT2D eigenvalue weighted by molar-refractivity contribution is 7.92. The van der Waals surface area contributed by atoms with Crippen LogP contribution < -0.4 is 14.4 Å². The van der Waals surface area contributed by atoms with Crippen molar-refractivity contribution in [2.45, 2.75) is 58.2 Å². The van der Waals surface area contributed by atoms with Gasteiger partial charge in [0.2, 0.25) is 21.8 Å². The molecule has 0 spiro atoms. The topological polar surface area (TPSA) is 96.0 Å². The van der Waals surface area contributed by atoms with E-state index < -0.39 is 16.1 Å². The third kappa shape index (κ3) is 9.88.